The number of rotatable bonds is 5. The fourth-order valence-corrected chi connectivity index (χ4v) is 2.90. The number of aromatic nitrogens is 1. The number of carbonyl (C=O) groups excluding carboxylic acids is 1. The summed E-state index contributed by atoms with van der Waals surface area (Å²) in [6.45, 7) is 4.14. The second-order valence-corrected chi connectivity index (χ2v) is 6.38. The highest BCUT2D eigenvalue weighted by atomic mass is 32.2. The smallest absolute Gasteiger partial charge is 0.236 e. The maximum atomic E-state index is 11.7. The summed E-state index contributed by atoms with van der Waals surface area (Å²) in [7, 11) is 0. The van der Waals surface area contributed by atoms with Crippen LogP contribution in [0, 0.1) is 25.2 Å². The van der Waals surface area contributed by atoms with Crippen molar-refractivity contribution in [3.63, 3.8) is 0 Å². The minimum absolute atomic E-state index is 0.128. The lowest BCUT2D eigenvalue weighted by atomic mass is 10.1. The van der Waals surface area contributed by atoms with Gasteiger partial charge in [-0.15, -0.1) is 23.1 Å². The molecule has 2 rings (SSSR count). The number of benzene rings is 1. The summed E-state index contributed by atoms with van der Waals surface area (Å²) in [5.74, 6) is 0.460. The number of nitriles is 1. The Morgan fingerprint density at radius 1 is 1.43 bits per heavy atom. The minimum atomic E-state index is -0.128. The third-order valence-corrected chi connectivity index (χ3v) is 4.51. The van der Waals surface area contributed by atoms with Crippen LogP contribution in [0.5, 0.6) is 0 Å². The predicted octanol–water partition coefficient (Wildman–Crippen LogP) is 3.62. The van der Waals surface area contributed by atoms with Gasteiger partial charge in [0.2, 0.25) is 5.91 Å². The molecular weight excluding hydrogens is 302 g/mol. The van der Waals surface area contributed by atoms with Crippen molar-refractivity contribution in [2.24, 2.45) is 0 Å². The van der Waals surface area contributed by atoms with E-state index in [2.05, 4.69) is 36.3 Å². The number of amides is 1. The van der Waals surface area contributed by atoms with Gasteiger partial charge < -0.3 is 5.32 Å². The number of hydrogen-bond donors (Lipinski definition) is 1. The van der Waals surface area contributed by atoms with Gasteiger partial charge >= 0.3 is 0 Å². The molecule has 0 spiro atoms. The van der Waals surface area contributed by atoms with Gasteiger partial charge in [0, 0.05) is 10.9 Å². The van der Waals surface area contributed by atoms with Crippen LogP contribution in [-0.4, -0.2) is 22.4 Å². The first-order valence-corrected chi connectivity index (χ1v) is 8.41. The van der Waals surface area contributed by atoms with Gasteiger partial charge in [0.15, 0.2) is 5.13 Å². The molecule has 0 saturated heterocycles. The fourth-order valence-electron chi connectivity index (χ4n) is 1.71. The van der Waals surface area contributed by atoms with Crippen molar-refractivity contribution in [1.82, 2.24) is 4.98 Å². The average Bonchev–Trinajstić information content (AvgIpc) is 2.90. The monoisotopic (exact) mass is 317 g/mol. The van der Waals surface area contributed by atoms with E-state index in [1.54, 1.807) is 0 Å². The molecule has 1 N–H and O–H groups in total. The van der Waals surface area contributed by atoms with Crippen LogP contribution in [-0.2, 0) is 4.79 Å². The SMILES string of the molecule is Cc1ccc(-c2csc(NC(=O)CSCC#N)n2)cc1C. The van der Waals surface area contributed by atoms with Crippen molar-refractivity contribution in [2.45, 2.75) is 13.8 Å². The lowest BCUT2D eigenvalue weighted by molar-refractivity contribution is -0.113. The van der Waals surface area contributed by atoms with Crippen LogP contribution in [0.2, 0.25) is 0 Å². The Morgan fingerprint density at radius 2 is 2.24 bits per heavy atom. The molecular formula is C15H15N3OS2. The van der Waals surface area contributed by atoms with Crippen molar-refractivity contribution in [3.05, 3.63) is 34.7 Å². The van der Waals surface area contributed by atoms with Crippen molar-refractivity contribution in [2.75, 3.05) is 16.8 Å². The summed E-state index contributed by atoms with van der Waals surface area (Å²) in [6, 6.07) is 8.19. The molecule has 1 amide bonds. The molecule has 0 radical (unpaired) electrons. The summed E-state index contributed by atoms with van der Waals surface area (Å²) < 4.78 is 0. The molecule has 1 aromatic heterocycles. The van der Waals surface area contributed by atoms with Crippen molar-refractivity contribution in [3.8, 4) is 17.3 Å². The van der Waals surface area contributed by atoms with Gasteiger partial charge in [0.25, 0.3) is 0 Å². The maximum absolute atomic E-state index is 11.7. The first-order chi connectivity index (χ1) is 10.1. The number of aryl methyl sites for hydroxylation is 2. The molecule has 0 atom stereocenters. The van der Waals surface area contributed by atoms with E-state index in [4.69, 9.17) is 5.26 Å². The molecule has 108 valence electrons. The molecule has 6 heteroatoms. The van der Waals surface area contributed by atoms with Gasteiger partial charge in [-0.2, -0.15) is 5.26 Å². The third kappa shape index (κ3) is 4.31. The Hall–Kier alpha value is -1.84. The molecule has 2 aromatic rings. The number of carbonyl (C=O) groups is 1. The van der Waals surface area contributed by atoms with Crippen LogP contribution in [0.3, 0.4) is 0 Å². The largest absolute Gasteiger partial charge is 0.301 e. The highest BCUT2D eigenvalue weighted by Gasteiger charge is 2.08. The zero-order valence-electron chi connectivity index (χ0n) is 11.8. The minimum Gasteiger partial charge on any atom is -0.301 e. The van der Waals surface area contributed by atoms with Gasteiger partial charge in [-0.3, -0.25) is 4.79 Å². The number of nitrogens with one attached hydrogen (secondary N) is 1. The first-order valence-electron chi connectivity index (χ1n) is 6.38. The summed E-state index contributed by atoms with van der Waals surface area (Å²) in [6.07, 6.45) is 0. The average molecular weight is 317 g/mol. The lowest BCUT2D eigenvalue weighted by Gasteiger charge is -2.02. The molecule has 21 heavy (non-hydrogen) atoms. The van der Waals surface area contributed by atoms with E-state index in [0.29, 0.717) is 10.9 Å². The van der Waals surface area contributed by atoms with Gasteiger partial charge in [-0.05, 0) is 31.0 Å². The van der Waals surface area contributed by atoms with E-state index in [-0.39, 0.29) is 11.7 Å². The van der Waals surface area contributed by atoms with Gasteiger partial charge in [0.1, 0.15) is 0 Å². The van der Waals surface area contributed by atoms with Gasteiger partial charge in [-0.1, -0.05) is 12.1 Å². The zero-order chi connectivity index (χ0) is 15.2. The van der Waals surface area contributed by atoms with Crippen molar-refractivity contribution < 1.29 is 4.79 Å². The summed E-state index contributed by atoms with van der Waals surface area (Å²) in [5.41, 5.74) is 4.38. The Labute approximate surface area is 132 Å². The predicted molar refractivity (Wildman–Crippen MR) is 88.6 cm³/mol. The van der Waals surface area contributed by atoms with E-state index < -0.39 is 0 Å². The highest BCUT2D eigenvalue weighted by Crippen LogP contribution is 2.26. The van der Waals surface area contributed by atoms with Crippen LogP contribution >= 0.6 is 23.1 Å². The number of anilines is 1. The van der Waals surface area contributed by atoms with Gasteiger partial charge in [-0.25, -0.2) is 4.98 Å². The third-order valence-electron chi connectivity index (χ3n) is 2.95. The first kappa shape index (κ1) is 15.5. The Bertz CT molecular complexity index is 688. The van der Waals surface area contributed by atoms with Crippen LogP contribution in [0.1, 0.15) is 11.1 Å². The quantitative estimate of drug-likeness (QED) is 0.855. The molecule has 0 aliphatic rings. The zero-order valence-corrected chi connectivity index (χ0v) is 13.5. The number of thiazole rings is 1. The molecule has 0 saturated carbocycles. The number of nitrogens with zero attached hydrogens (tertiary/aromatic N) is 2. The van der Waals surface area contributed by atoms with Crippen LogP contribution in [0.25, 0.3) is 11.3 Å². The Kier molecular flexibility index (Phi) is 5.37. The van der Waals surface area contributed by atoms with E-state index >= 15 is 0 Å². The molecule has 0 aliphatic carbocycles. The van der Waals surface area contributed by atoms with E-state index in [9.17, 15) is 4.79 Å². The van der Waals surface area contributed by atoms with E-state index in [0.717, 1.165) is 11.3 Å². The lowest BCUT2D eigenvalue weighted by Crippen LogP contribution is -2.14. The summed E-state index contributed by atoms with van der Waals surface area (Å²) in [4.78, 5) is 16.1. The Morgan fingerprint density at radius 3 is 2.95 bits per heavy atom. The highest BCUT2D eigenvalue weighted by molar-refractivity contribution is 8.00. The molecule has 0 unspecified atom stereocenters. The van der Waals surface area contributed by atoms with E-state index in [1.165, 1.54) is 34.2 Å². The molecule has 0 bridgehead atoms. The van der Waals surface area contributed by atoms with Crippen molar-refractivity contribution in [1.29, 1.82) is 5.26 Å². The van der Waals surface area contributed by atoms with Crippen LogP contribution < -0.4 is 5.32 Å². The topological polar surface area (TPSA) is 65.8 Å². The van der Waals surface area contributed by atoms with E-state index in [1.807, 2.05) is 17.5 Å². The molecule has 0 aliphatic heterocycles. The van der Waals surface area contributed by atoms with Crippen LogP contribution in [0.4, 0.5) is 5.13 Å². The number of thioether (sulfide) groups is 1. The fraction of sp³-hybridized carbons (Fsp3) is 0.267. The summed E-state index contributed by atoms with van der Waals surface area (Å²) in [5, 5.41) is 13.7. The van der Waals surface area contributed by atoms with Gasteiger partial charge in [0.05, 0.1) is 23.3 Å². The normalized spacial score (nSPS) is 10.1. The molecule has 4 nitrogen and oxygen atoms in total. The molecule has 1 aromatic carbocycles. The van der Waals surface area contributed by atoms with Crippen molar-refractivity contribution >= 4 is 34.1 Å². The second kappa shape index (κ2) is 7.25. The maximum Gasteiger partial charge on any atom is 0.236 e. The number of hydrogen-bond acceptors (Lipinski definition) is 5. The molecule has 1 heterocycles. The van der Waals surface area contributed by atoms with Crippen LogP contribution in [0.15, 0.2) is 23.6 Å². The Balaban J connectivity index is 2.02. The second-order valence-electron chi connectivity index (χ2n) is 4.54. The summed E-state index contributed by atoms with van der Waals surface area (Å²) >= 11 is 2.70. The standard InChI is InChI=1S/C15H15N3OS2/c1-10-3-4-12(7-11(10)2)13-8-21-15(17-13)18-14(19)9-20-6-5-16/h3-4,7-8H,6,9H2,1-2H3,(H,17,18,19). The molecule has 0 fully saturated rings.